The second-order valence-electron chi connectivity index (χ2n) is 5.03. The van der Waals surface area contributed by atoms with Crippen LogP contribution in [0.15, 0.2) is 24.3 Å². The standard InChI is InChI=1S/C15H24ClN3O/c1-4-9-19(11-15(20)18(2)3)14(10-17)12-7-5-6-8-13(12)16/h5-8,14H,4,9-11,17H2,1-3H3. The first kappa shape index (κ1) is 17.0. The summed E-state index contributed by atoms with van der Waals surface area (Å²) >= 11 is 6.26. The van der Waals surface area contributed by atoms with Crippen molar-refractivity contribution in [3.05, 3.63) is 34.9 Å². The summed E-state index contributed by atoms with van der Waals surface area (Å²) in [5.41, 5.74) is 6.91. The summed E-state index contributed by atoms with van der Waals surface area (Å²) < 4.78 is 0. The minimum atomic E-state index is -0.0347. The number of benzene rings is 1. The molecule has 0 heterocycles. The third kappa shape index (κ3) is 4.47. The van der Waals surface area contributed by atoms with Gasteiger partial charge in [-0.1, -0.05) is 36.7 Å². The van der Waals surface area contributed by atoms with Crippen LogP contribution in [0.25, 0.3) is 0 Å². The number of halogens is 1. The zero-order valence-corrected chi connectivity index (χ0v) is 13.2. The van der Waals surface area contributed by atoms with E-state index in [-0.39, 0.29) is 11.9 Å². The van der Waals surface area contributed by atoms with Crippen molar-refractivity contribution in [1.82, 2.24) is 9.80 Å². The smallest absolute Gasteiger partial charge is 0.236 e. The Morgan fingerprint density at radius 3 is 2.50 bits per heavy atom. The van der Waals surface area contributed by atoms with Gasteiger partial charge in [-0.25, -0.2) is 0 Å². The van der Waals surface area contributed by atoms with Gasteiger partial charge in [0.25, 0.3) is 0 Å². The maximum absolute atomic E-state index is 12.0. The molecular weight excluding hydrogens is 274 g/mol. The lowest BCUT2D eigenvalue weighted by molar-refractivity contribution is -0.130. The third-order valence-corrected chi connectivity index (χ3v) is 3.62. The Balaban J connectivity index is 2.97. The van der Waals surface area contributed by atoms with E-state index in [0.717, 1.165) is 18.5 Å². The topological polar surface area (TPSA) is 49.6 Å². The third-order valence-electron chi connectivity index (χ3n) is 3.28. The van der Waals surface area contributed by atoms with E-state index in [2.05, 4.69) is 11.8 Å². The molecule has 1 unspecified atom stereocenters. The van der Waals surface area contributed by atoms with Gasteiger partial charge in [0.15, 0.2) is 0 Å². The Kier molecular flexibility index (Phi) is 6.99. The summed E-state index contributed by atoms with van der Waals surface area (Å²) in [6.07, 6.45) is 0.960. The summed E-state index contributed by atoms with van der Waals surface area (Å²) in [7, 11) is 3.53. The fourth-order valence-corrected chi connectivity index (χ4v) is 2.43. The maximum atomic E-state index is 12.0. The summed E-state index contributed by atoms with van der Waals surface area (Å²) in [5.74, 6) is 0.0731. The van der Waals surface area contributed by atoms with Crippen molar-refractivity contribution in [3.8, 4) is 0 Å². The SMILES string of the molecule is CCCN(CC(=O)N(C)C)C(CN)c1ccccc1Cl. The molecule has 0 aliphatic rings. The molecule has 0 aliphatic heterocycles. The highest BCUT2D eigenvalue weighted by molar-refractivity contribution is 6.31. The van der Waals surface area contributed by atoms with Gasteiger partial charge in [-0.3, -0.25) is 9.69 Å². The van der Waals surface area contributed by atoms with E-state index in [4.69, 9.17) is 17.3 Å². The number of carbonyl (C=O) groups excluding carboxylic acids is 1. The minimum Gasteiger partial charge on any atom is -0.348 e. The quantitative estimate of drug-likeness (QED) is 0.839. The normalized spacial score (nSPS) is 12.5. The van der Waals surface area contributed by atoms with E-state index >= 15 is 0 Å². The zero-order valence-electron chi connectivity index (χ0n) is 12.5. The van der Waals surface area contributed by atoms with Crippen LogP contribution in [0.4, 0.5) is 0 Å². The van der Waals surface area contributed by atoms with E-state index in [1.807, 2.05) is 24.3 Å². The van der Waals surface area contributed by atoms with Crippen LogP contribution in [-0.2, 0) is 4.79 Å². The largest absolute Gasteiger partial charge is 0.348 e. The molecule has 4 nitrogen and oxygen atoms in total. The van der Waals surface area contributed by atoms with Crippen LogP contribution in [0.1, 0.15) is 24.9 Å². The van der Waals surface area contributed by atoms with E-state index in [9.17, 15) is 4.79 Å². The summed E-state index contributed by atoms with van der Waals surface area (Å²) in [4.78, 5) is 15.7. The Morgan fingerprint density at radius 1 is 1.35 bits per heavy atom. The molecule has 0 radical (unpaired) electrons. The molecule has 0 bridgehead atoms. The van der Waals surface area contributed by atoms with Crippen LogP contribution in [0.3, 0.4) is 0 Å². The Hall–Kier alpha value is -1.10. The number of nitrogens with two attached hydrogens (primary N) is 1. The Morgan fingerprint density at radius 2 is 2.00 bits per heavy atom. The fourth-order valence-electron chi connectivity index (χ4n) is 2.17. The monoisotopic (exact) mass is 297 g/mol. The van der Waals surface area contributed by atoms with Crippen LogP contribution < -0.4 is 5.73 Å². The number of amides is 1. The molecule has 1 aromatic carbocycles. The van der Waals surface area contributed by atoms with Crippen molar-refractivity contribution in [2.45, 2.75) is 19.4 Å². The highest BCUT2D eigenvalue weighted by Gasteiger charge is 2.23. The number of likely N-dealkylation sites (N-methyl/N-ethyl adjacent to an activating group) is 1. The molecule has 0 spiro atoms. The zero-order chi connectivity index (χ0) is 15.1. The Bertz CT molecular complexity index is 437. The predicted molar refractivity (Wildman–Crippen MR) is 83.8 cm³/mol. The molecule has 0 aliphatic carbocycles. The Labute approximate surface area is 126 Å². The molecule has 0 saturated carbocycles. The van der Waals surface area contributed by atoms with Gasteiger partial charge < -0.3 is 10.6 Å². The molecule has 1 aromatic rings. The number of hydrogen-bond donors (Lipinski definition) is 1. The van der Waals surface area contributed by atoms with Crippen LogP contribution in [-0.4, -0.2) is 49.4 Å². The molecule has 0 saturated heterocycles. The van der Waals surface area contributed by atoms with E-state index in [1.54, 1.807) is 19.0 Å². The molecule has 2 N–H and O–H groups in total. The van der Waals surface area contributed by atoms with E-state index in [1.165, 1.54) is 0 Å². The van der Waals surface area contributed by atoms with Crippen molar-refractivity contribution in [3.63, 3.8) is 0 Å². The maximum Gasteiger partial charge on any atom is 0.236 e. The first-order chi connectivity index (χ1) is 9.51. The number of rotatable bonds is 7. The molecule has 5 heteroatoms. The van der Waals surface area contributed by atoms with E-state index in [0.29, 0.717) is 18.1 Å². The molecule has 1 atom stereocenters. The summed E-state index contributed by atoms with van der Waals surface area (Å²) in [6, 6.07) is 7.64. The highest BCUT2D eigenvalue weighted by Crippen LogP contribution is 2.26. The highest BCUT2D eigenvalue weighted by atomic mass is 35.5. The lowest BCUT2D eigenvalue weighted by Gasteiger charge is -2.31. The molecule has 0 aromatic heterocycles. The lowest BCUT2D eigenvalue weighted by Crippen LogP contribution is -2.41. The van der Waals surface area contributed by atoms with Gasteiger partial charge in [-0.2, -0.15) is 0 Å². The molecule has 0 fully saturated rings. The first-order valence-electron chi connectivity index (χ1n) is 6.89. The van der Waals surface area contributed by atoms with Crippen LogP contribution in [0.5, 0.6) is 0 Å². The van der Waals surface area contributed by atoms with Gasteiger partial charge in [0, 0.05) is 31.7 Å². The average molecular weight is 298 g/mol. The van der Waals surface area contributed by atoms with E-state index < -0.39 is 0 Å². The van der Waals surface area contributed by atoms with Gasteiger partial charge in [0.1, 0.15) is 0 Å². The molecule has 112 valence electrons. The summed E-state index contributed by atoms with van der Waals surface area (Å²) in [5, 5.41) is 0.696. The minimum absolute atomic E-state index is 0.0347. The number of hydrogen-bond acceptors (Lipinski definition) is 3. The fraction of sp³-hybridized carbons (Fsp3) is 0.533. The number of nitrogens with zero attached hydrogens (tertiary/aromatic N) is 2. The summed E-state index contributed by atoms with van der Waals surface area (Å²) in [6.45, 7) is 3.69. The van der Waals surface area contributed by atoms with Crippen LogP contribution in [0.2, 0.25) is 5.02 Å². The molecule has 20 heavy (non-hydrogen) atoms. The average Bonchev–Trinajstić information content (AvgIpc) is 2.41. The predicted octanol–water partition coefficient (Wildman–Crippen LogP) is 2.14. The van der Waals surface area contributed by atoms with Crippen LogP contribution >= 0.6 is 11.6 Å². The lowest BCUT2D eigenvalue weighted by atomic mass is 10.0. The molecule has 1 rings (SSSR count). The van der Waals surface area contributed by atoms with Gasteiger partial charge >= 0.3 is 0 Å². The van der Waals surface area contributed by atoms with Gasteiger partial charge in [0.05, 0.1) is 6.54 Å². The molecular formula is C15H24ClN3O. The first-order valence-corrected chi connectivity index (χ1v) is 7.27. The van der Waals surface area contributed by atoms with Gasteiger partial charge in [-0.05, 0) is 24.6 Å². The second kappa shape index (κ2) is 8.25. The van der Waals surface area contributed by atoms with Crippen LogP contribution in [0, 0.1) is 0 Å². The van der Waals surface area contributed by atoms with Gasteiger partial charge in [-0.15, -0.1) is 0 Å². The van der Waals surface area contributed by atoms with Crippen molar-refractivity contribution < 1.29 is 4.79 Å². The van der Waals surface area contributed by atoms with Crippen molar-refractivity contribution in [1.29, 1.82) is 0 Å². The van der Waals surface area contributed by atoms with Crippen molar-refractivity contribution in [2.75, 3.05) is 33.7 Å². The molecule has 1 amide bonds. The van der Waals surface area contributed by atoms with Gasteiger partial charge in [0.2, 0.25) is 5.91 Å². The van der Waals surface area contributed by atoms with Crippen molar-refractivity contribution >= 4 is 17.5 Å². The number of carbonyl (C=O) groups is 1. The van der Waals surface area contributed by atoms with Crippen molar-refractivity contribution in [2.24, 2.45) is 5.73 Å². The second-order valence-corrected chi connectivity index (χ2v) is 5.44.